The van der Waals surface area contributed by atoms with Crippen molar-refractivity contribution >= 4 is 22.4 Å². The summed E-state index contributed by atoms with van der Waals surface area (Å²) in [4.78, 5) is 21.6. The first-order chi connectivity index (χ1) is 12.7. The van der Waals surface area contributed by atoms with E-state index in [9.17, 15) is 4.79 Å². The summed E-state index contributed by atoms with van der Waals surface area (Å²) in [5, 5.41) is 6.36. The van der Waals surface area contributed by atoms with Crippen molar-refractivity contribution < 1.29 is 9.53 Å². The standard InChI is InChI=1S/C19H24N4O2S/c1-14-13-26-19(20-14)23-9-7-22(8-10-23)12-18(24)21-16-6-11-25-17-5-3-2-4-15(16)17/h2-5,13,16H,6-12H2,1H3,(H,21,24). The summed E-state index contributed by atoms with van der Waals surface area (Å²) in [6, 6.07) is 8.01. The fourth-order valence-corrected chi connectivity index (χ4v) is 4.38. The first kappa shape index (κ1) is 17.3. The van der Waals surface area contributed by atoms with Gasteiger partial charge in [-0.25, -0.2) is 4.98 Å². The number of anilines is 1. The van der Waals surface area contributed by atoms with E-state index in [-0.39, 0.29) is 11.9 Å². The number of para-hydroxylation sites is 1. The van der Waals surface area contributed by atoms with Gasteiger partial charge in [0, 0.05) is 43.5 Å². The number of nitrogens with zero attached hydrogens (tertiary/aromatic N) is 3. The number of carbonyl (C=O) groups excluding carboxylic acids is 1. The second-order valence-corrected chi connectivity index (χ2v) is 7.67. The number of aryl methyl sites for hydroxylation is 1. The molecule has 0 aliphatic carbocycles. The molecule has 0 spiro atoms. The first-order valence-electron chi connectivity index (χ1n) is 9.09. The zero-order valence-corrected chi connectivity index (χ0v) is 15.8. The Hall–Kier alpha value is -2.12. The minimum absolute atomic E-state index is 0.0482. The molecule has 26 heavy (non-hydrogen) atoms. The predicted molar refractivity (Wildman–Crippen MR) is 103 cm³/mol. The van der Waals surface area contributed by atoms with Crippen LogP contribution >= 0.6 is 11.3 Å². The lowest BCUT2D eigenvalue weighted by molar-refractivity contribution is -0.123. The smallest absolute Gasteiger partial charge is 0.234 e. The summed E-state index contributed by atoms with van der Waals surface area (Å²) in [6.07, 6.45) is 0.819. The SMILES string of the molecule is Cc1csc(N2CCN(CC(=O)NC3CCOc4ccccc43)CC2)n1. The summed E-state index contributed by atoms with van der Waals surface area (Å²) >= 11 is 1.69. The third-order valence-electron chi connectivity index (χ3n) is 4.91. The van der Waals surface area contributed by atoms with Gasteiger partial charge < -0.3 is 15.0 Å². The second-order valence-electron chi connectivity index (χ2n) is 6.83. The van der Waals surface area contributed by atoms with Crippen molar-refractivity contribution in [3.05, 3.63) is 40.9 Å². The van der Waals surface area contributed by atoms with Crippen molar-refractivity contribution in [1.82, 2.24) is 15.2 Å². The lowest BCUT2D eigenvalue weighted by Crippen LogP contribution is -2.50. The number of nitrogens with one attached hydrogen (secondary N) is 1. The number of thiazole rings is 1. The van der Waals surface area contributed by atoms with Gasteiger partial charge in [0.1, 0.15) is 5.75 Å². The molecule has 2 aliphatic rings. The molecule has 2 aromatic rings. The van der Waals surface area contributed by atoms with Gasteiger partial charge in [-0.2, -0.15) is 0 Å². The topological polar surface area (TPSA) is 57.7 Å². The number of fused-ring (bicyclic) bond motifs is 1. The normalized spacial score (nSPS) is 20.3. The van der Waals surface area contributed by atoms with Gasteiger partial charge >= 0.3 is 0 Å². The van der Waals surface area contributed by atoms with Gasteiger partial charge in [0.15, 0.2) is 5.13 Å². The number of amides is 1. The van der Waals surface area contributed by atoms with Crippen molar-refractivity contribution in [1.29, 1.82) is 0 Å². The van der Waals surface area contributed by atoms with Gasteiger partial charge in [-0.3, -0.25) is 9.69 Å². The van der Waals surface area contributed by atoms with Gasteiger partial charge in [0.05, 0.1) is 24.9 Å². The van der Waals surface area contributed by atoms with Gasteiger partial charge in [-0.05, 0) is 13.0 Å². The maximum atomic E-state index is 12.5. The summed E-state index contributed by atoms with van der Waals surface area (Å²) < 4.78 is 5.67. The molecule has 1 saturated heterocycles. The first-order valence-corrected chi connectivity index (χ1v) is 9.97. The zero-order chi connectivity index (χ0) is 17.9. The molecule has 3 heterocycles. The fraction of sp³-hybridized carbons (Fsp3) is 0.474. The van der Waals surface area contributed by atoms with Gasteiger partial charge in [0.25, 0.3) is 0 Å². The van der Waals surface area contributed by atoms with Crippen molar-refractivity contribution in [3.63, 3.8) is 0 Å². The quantitative estimate of drug-likeness (QED) is 0.892. The third-order valence-corrected chi connectivity index (χ3v) is 5.93. The Labute approximate surface area is 157 Å². The molecular formula is C19H24N4O2S. The van der Waals surface area contributed by atoms with E-state index in [1.807, 2.05) is 31.2 Å². The Morgan fingerprint density at radius 1 is 1.31 bits per heavy atom. The Morgan fingerprint density at radius 2 is 2.12 bits per heavy atom. The van der Waals surface area contributed by atoms with E-state index in [1.54, 1.807) is 11.3 Å². The fourth-order valence-electron chi connectivity index (χ4n) is 3.52. The van der Waals surface area contributed by atoms with Crippen LogP contribution in [0.5, 0.6) is 5.75 Å². The number of carbonyl (C=O) groups is 1. The van der Waals surface area contributed by atoms with Crippen LogP contribution in [0.1, 0.15) is 23.7 Å². The number of ether oxygens (including phenoxy) is 1. The van der Waals surface area contributed by atoms with Crippen molar-refractivity contribution in [3.8, 4) is 5.75 Å². The average molecular weight is 372 g/mol. The largest absolute Gasteiger partial charge is 0.493 e. The highest BCUT2D eigenvalue weighted by Crippen LogP contribution is 2.31. The molecule has 1 atom stereocenters. The maximum absolute atomic E-state index is 12.5. The third kappa shape index (κ3) is 3.83. The molecule has 6 nitrogen and oxygen atoms in total. The molecule has 2 aliphatic heterocycles. The van der Waals surface area contributed by atoms with E-state index in [1.165, 1.54) is 0 Å². The molecule has 7 heteroatoms. The Morgan fingerprint density at radius 3 is 2.88 bits per heavy atom. The van der Waals surface area contributed by atoms with Gasteiger partial charge in [-0.15, -0.1) is 11.3 Å². The van der Waals surface area contributed by atoms with E-state index in [0.29, 0.717) is 13.2 Å². The van der Waals surface area contributed by atoms with Gasteiger partial charge in [-0.1, -0.05) is 18.2 Å². The number of piperazine rings is 1. The highest BCUT2D eigenvalue weighted by Gasteiger charge is 2.25. The number of hydrogen-bond acceptors (Lipinski definition) is 6. The van der Waals surface area contributed by atoms with Crippen LogP contribution in [-0.4, -0.2) is 55.1 Å². The number of aromatic nitrogens is 1. The highest BCUT2D eigenvalue weighted by atomic mass is 32.1. The van der Waals surface area contributed by atoms with Gasteiger partial charge in [0.2, 0.25) is 5.91 Å². The number of rotatable bonds is 4. The lowest BCUT2D eigenvalue weighted by atomic mass is 10.0. The van der Waals surface area contributed by atoms with Crippen molar-refractivity contribution in [2.45, 2.75) is 19.4 Å². The van der Waals surface area contributed by atoms with Crippen LogP contribution in [-0.2, 0) is 4.79 Å². The molecule has 0 saturated carbocycles. The minimum atomic E-state index is 0.0482. The molecule has 1 fully saturated rings. The molecule has 1 amide bonds. The van der Waals surface area contributed by atoms with Crippen molar-refractivity contribution in [2.24, 2.45) is 0 Å². The highest BCUT2D eigenvalue weighted by molar-refractivity contribution is 7.13. The number of hydrogen-bond donors (Lipinski definition) is 1. The van der Waals surface area contributed by atoms with E-state index in [0.717, 1.165) is 54.7 Å². The Bertz CT molecular complexity index is 770. The predicted octanol–water partition coefficient (Wildman–Crippen LogP) is 2.21. The maximum Gasteiger partial charge on any atom is 0.234 e. The van der Waals surface area contributed by atoms with E-state index in [4.69, 9.17) is 4.74 Å². The zero-order valence-electron chi connectivity index (χ0n) is 15.0. The van der Waals surface area contributed by atoms with Crippen LogP contribution < -0.4 is 15.0 Å². The molecule has 1 aromatic heterocycles. The Balaban J connectivity index is 1.28. The van der Waals surface area contributed by atoms with Crippen LogP contribution in [0.25, 0.3) is 0 Å². The minimum Gasteiger partial charge on any atom is -0.493 e. The Kier molecular flexibility index (Phi) is 5.08. The van der Waals surface area contributed by atoms with Crippen LogP contribution in [0.15, 0.2) is 29.6 Å². The number of benzene rings is 1. The molecule has 0 bridgehead atoms. The van der Waals surface area contributed by atoms with Crippen LogP contribution in [0.4, 0.5) is 5.13 Å². The molecule has 1 N–H and O–H groups in total. The van der Waals surface area contributed by atoms with E-state index in [2.05, 4.69) is 25.5 Å². The molecule has 138 valence electrons. The lowest BCUT2D eigenvalue weighted by Gasteiger charge is -2.34. The van der Waals surface area contributed by atoms with Crippen LogP contribution in [0.2, 0.25) is 0 Å². The molecule has 4 rings (SSSR count). The molecular weight excluding hydrogens is 348 g/mol. The summed E-state index contributed by atoms with van der Waals surface area (Å²) in [6.45, 7) is 6.72. The summed E-state index contributed by atoms with van der Waals surface area (Å²) in [5.41, 5.74) is 2.15. The monoisotopic (exact) mass is 372 g/mol. The molecule has 1 aromatic carbocycles. The van der Waals surface area contributed by atoms with Crippen LogP contribution in [0, 0.1) is 6.92 Å². The summed E-state index contributed by atoms with van der Waals surface area (Å²) in [5.74, 6) is 0.974. The van der Waals surface area contributed by atoms with Crippen molar-refractivity contribution in [2.75, 3.05) is 44.2 Å². The van der Waals surface area contributed by atoms with E-state index < -0.39 is 0 Å². The summed E-state index contributed by atoms with van der Waals surface area (Å²) in [7, 11) is 0. The van der Waals surface area contributed by atoms with Crippen LogP contribution in [0.3, 0.4) is 0 Å². The van der Waals surface area contributed by atoms with E-state index >= 15 is 0 Å². The molecule has 0 radical (unpaired) electrons. The average Bonchev–Trinajstić information content (AvgIpc) is 3.09. The second kappa shape index (κ2) is 7.63. The molecule has 1 unspecified atom stereocenters.